The van der Waals surface area contributed by atoms with Crippen molar-refractivity contribution in [3.05, 3.63) is 35.9 Å². The van der Waals surface area contributed by atoms with E-state index in [-0.39, 0.29) is 6.10 Å². The van der Waals surface area contributed by atoms with Crippen LogP contribution < -0.4 is 5.32 Å². The minimum Gasteiger partial charge on any atom is -0.375 e. The van der Waals surface area contributed by atoms with Crippen LogP contribution in [-0.2, 0) is 4.74 Å². The molecule has 16 heavy (non-hydrogen) atoms. The van der Waals surface area contributed by atoms with Crippen LogP contribution in [0.15, 0.2) is 30.3 Å². The fourth-order valence-electron chi connectivity index (χ4n) is 2.11. The fourth-order valence-corrected chi connectivity index (χ4v) is 2.11. The number of benzene rings is 1. The number of ether oxygens (including phenoxy) is 1. The third-order valence-electron chi connectivity index (χ3n) is 3.09. The zero-order valence-electron chi connectivity index (χ0n) is 9.86. The topological polar surface area (TPSA) is 24.5 Å². The smallest absolute Gasteiger partial charge is 0.0947 e. The number of rotatable bonds is 4. The van der Waals surface area contributed by atoms with Crippen LogP contribution in [0.1, 0.15) is 11.7 Å². The molecule has 0 saturated carbocycles. The van der Waals surface area contributed by atoms with E-state index in [1.54, 1.807) is 7.11 Å². The summed E-state index contributed by atoms with van der Waals surface area (Å²) in [5, 5.41) is 3.36. The number of piperazine rings is 1. The molecule has 1 aromatic carbocycles. The number of hydrogen-bond donors (Lipinski definition) is 1. The maximum Gasteiger partial charge on any atom is 0.0947 e. The first-order chi connectivity index (χ1) is 7.90. The first-order valence-electron chi connectivity index (χ1n) is 5.91. The Bertz CT molecular complexity index is 296. The maximum absolute atomic E-state index is 5.58. The van der Waals surface area contributed by atoms with Gasteiger partial charge in [0.25, 0.3) is 0 Å². The Kier molecular flexibility index (Phi) is 4.34. The first-order valence-corrected chi connectivity index (χ1v) is 5.91. The van der Waals surface area contributed by atoms with E-state index in [1.165, 1.54) is 5.56 Å². The molecule has 0 spiro atoms. The van der Waals surface area contributed by atoms with Crippen molar-refractivity contribution < 1.29 is 4.74 Å². The molecule has 1 aromatic rings. The predicted molar refractivity (Wildman–Crippen MR) is 65.5 cm³/mol. The molecule has 1 atom stereocenters. The number of hydrogen-bond acceptors (Lipinski definition) is 3. The summed E-state index contributed by atoms with van der Waals surface area (Å²) >= 11 is 0. The number of methoxy groups -OCH3 is 1. The summed E-state index contributed by atoms with van der Waals surface area (Å²) in [7, 11) is 1.79. The normalized spacial score (nSPS) is 19.6. The molecule has 88 valence electrons. The molecule has 0 aliphatic carbocycles. The minimum absolute atomic E-state index is 0.194. The van der Waals surface area contributed by atoms with E-state index in [0.717, 1.165) is 32.7 Å². The van der Waals surface area contributed by atoms with E-state index < -0.39 is 0 Å². The molecule has 0 unspecified atom stereocenters. The Balaban J connectivity index is 1.94. The zero-order chi connectivity index (χ0) is 11.2. The number of nitrogens with zero attached hydrogens (tertiary/aromatic N) is 1. The van der Waals surface area contributed by atoms with Gasteiger partial charge in [-0.25, -0.2) is 0 Å². The maximum atomic E-state index is 5.58. The average molecular weight is 220 g/mol. The van der Waals surface area contributed by atoms with Gasteiger partial charge < -0.3 is 10.1 Å². The summed E-state index contributed by atoms with van der Waals surface area (Å²) in [4.78, 5) is 2.46. The molecule has 0 bridgehead atoms. The highest BCUT2D eigenvalue weighted by Crippen LogP contribution is 2.17. The van der Waals surface area contributed by atoms with Crippen molar-refractivity contribution in [1.82, 2.24) is 10.2 Å². The monoisotopic (exact) mass is 220 g/mol. The minimum atomic E-state index is 0.194. The summed E-state index contributed by atoms with van der Waals surface area (Å²) in [6.07, 6.45) is 0.194. The van der Waals surface area contributed by atoms with Crippen LogP contribution in [0.2, 0.25) is 0 Å². The van der Waals surface area contributed by atoms with Crippen LogP contribution in [0, 0.1) is 0 Å². The molecule has 1 saturated heterocycles. The lowest BCUT2D eigenvalue weighted by molar-refractivity contribution is 0.0594. The molecule has 1 aliphatic heterocycles. The second-order valence-corrected chi connectivity index (χ2v) is 4.19. The van der Waals surface area contributed by atoms with Crippen LogP contribution in [0.25, 0.3) is 0 Å². The van der Waals surface area contributed by atoms with Gasteiger partial charge in [0.05, 0.1) is 6.10 Å². The van der Waals surface area contributed by atoms with Crippen molar-refractivity contribution in [3.63, 3.8) is 0 Å². The molecular weight excluding hydrogens is 200 g/mol. The van der Waals surface area contributed by atoms with Gasteiger partial charge in [0.1, 0.15) is 0 Å². The van der Waals surface area contributed by atoms with E-state index in [2.05, 4.69) is 34.5 Å². The molecule has 3 nitrogen and oxygen atoms in total. The third-order valence-corrected chi connectivity index (χ3v) is 3.09. The zero-order valence-corrected chi connectivity index (χ0v) is 9.86. The SMILES string of the molecule is CO[C@@H](CN1CCNCC1)c1ccccc1. The summed E-state index contributed by atoms with van der Waals surface area (Å²) in [6.45, 7) is 5.40. The van der Waals surface area contributed by atoms with E-state index in [0.29, 0.717) is 0 Å². The van der Waals surface area contributed by atoms with Gasteiger partial charge in [0.15, 0.2) is 0 Å². The van der Waals surface area contributed by atoms with Crippen molar-refractivity contribution >= 4 is 0 Å². The second kappa shape index (κ2) is 5.99. The van der Waals surface area contributed by atoms with Crippen molar-refractivity contribution in [2.45, 2.75) is 6.10 Å². The first kappa shape index (κ1) is 11.6. The van der Waals surface area contributed by atoms with Crippen molar-refractivity contribution in [2.24, 2.45) is 0 Å². The van der Waals surface area contributed by atoms with Crippen LogP contribution in [-0.4, -0.2) is 44.7 Å². The van der Waals surface area contributed by atoms with Crippen LogP contribution in [0.4, 0.5) is 0 Å². The second-order valence-electron chi connectivity index (χ2n) is 4.19. The van der Waals surface area contributed by atoms with E-state index in [1.807, 2.05) is 6.07 Å². The fraction of sp³-hybridized carbons (Fsp3) is 0.538. The van der Waals surface area contributed by atoms with E-state index >= 15 is 0 Å². The molecule has 1 aliphatic rings. The molecule has 0 amide bonds. The van der Waals surface area contributed by atoms with Gasteiger partial charge in [0, 0.05) is 39.8 Å². The summed E-state index contributed by atoms with van der Waals surface area (Å²) in [6, 6.07) is 10.5. The predicted octanol–water partition coefficient (Wildman–Crippen LogP) is 1.28. The Hall–Kier alpha value is -0.900. The molecule has 1 N–H and O–H groups in total. The van der Waals surface area contributed by atoms with Gasteiger partial charge in [-0.3, -0.25) is 4.90 Å². The van der Waals surface area contributed by atoms with E-state index in [9.17, 15) is 0 Å². The van der Waals surface area contributed by atoms with Crippen LogP contribution in [0.5, 0.6) is 0 Å². The van der Waals surface area contributed by atoms with Crippen molar-refractivity contribution in [1.29, 1.82) is 0 Å². The Morgan fingerprint density at radius 2 is 1.94 bits per heavy atom. The third kappa shape index (κ3) is 3.04. The molecular formula is C13H20N2O. The van der Waals surface area contributed by atoms with Gasteiger partial charge >= 0.3 is 0 Å². The van der Waals surface area contributed by atoms with Gasteiger partial charge in [0.2, 0.25) is 0 Å². The molecule has 1 fully saturated rings. The summed E-state index contributed by atoms with van der Waals surface area (Å²) < 4.78 is 5.58. The van der Waals surface area contributed by atoms with Gasteiger partial charge in [-0.15, -0.1) is 0 Å². The number of nitrogens with one attached hydrogen (secondary N) is 1. The van der Waals surface area contributed by atoms with Crippen LogP contribution >= 0.6 is 0 Å². The Morgan fingerprint density at radius 1 is 1.25 bits per heavy atom. The summed E-state index contributed by atoms with van der Waals surface area (Å²) in [5.41, 5.74) is 1.27. The van der Waals surface area contributed by atoms with Crippen LogP contribution in [0.3, 0.4) is 0 Å². The average Bonchev–Trinajstić information content (AvgIpc) is 2.38. The largest absolute Gasteiger partial charge is 0.375 e. The quantitative estimate of drug-likeness (QED) is 0.827. The highest BCUT2D eigenvalue weighted by molar-refractivity contribution is 5.17. The highest BCUT2D eigenvalue weighted by atomic mass is 16.5. The lowest BCUT2D eigenvalue weighted by Gasteiger charge is -2.30. The molecule has 0 radical (unpaired) electrons. The lowest BCUT2D eigenvalue weighted by atomic mass is 10.1. The van der Waals surface area contributed by atoms with E-state index in [4.69, 9.17) is 4.74 Å². The van der Waals surface area contributed by atoms with Gasteiger partial charge in [-0.1, -0.05) is 30.3 Å². The summed E-state index contributed by atoms with van der Waals surface area (Å²) in [5.74, 6) is 0. The molecule has 2 rings (SSSR count). The van der Waals surface area contributed by atoms with Gasteiger partial charge in [-0.05, 0) is 5.56 Å². The van der Waals surface area contributed by atoms with Crippen molar-refractivity contribution in [3.8, 4) is 0 Å². The lowest BCUT2D eigenvalue weighted by Crippen LogP contribution is -2.45. The molecule has 3 heteroatoms. The van der Waals surface area contributed by atoms with Gasteiger partial charge in [-0.2, -0.15) is 0 Å². The highest BCUT2D eigenvalue weighted by Gasteiger charge is 2.16. The van der Waals surface area contributed by atoms with Crippen molar-refractivity contribution in [2.75, 3.05) is 39.8 Å². The molecule has 1 heterocycles. The Labute approximate surface area is 97.4 Å². The molecule has 0 aromatic heterocycles. The standard InChI is InChI=1S/C13H20N2O/c1-16-13(12-5-3-2-4-6-12)11-15-9-7-14-8-10-15/h2-6,13-14H,7-11H2,1H3/t13-/m0/s1. The Morgan fingerprint density at radius 3 is 2.56 bits per heavy atom.